The number of aromatic nitrogens is 1. The summed E-state index contributed by atoms with van der Waals surface area (Å²) in [5, 5.41) is 0. The minimum absolute atomic E-state index is 0.788. The van der Waals surface area contributed by atoms with Gasteiger partial charge in [-0.25, -0.2) is 4.98 Å². The molecule has 0 fully saturated rings. The summed E-state index contributed by atoms with van der Waals surface area (Å²) in [7, 11) is 0. The first-order valence-corrected chi connectivity index (χ1v) is 4.32. The molecule has 3 heteroatoms. The summed E-state index contributed by atoms with van der Waals surface area (Å²) in [6.45, 7) is 0. The van der Waals surface area contributed by atoms with Gasteiger partial charge >= 0.3 is 0 Å². The highest BCUT2D eigenvalue weighted by Gasteiger charge is 2.00. The standard InChI is InChI=1S/C9H6BrNO/c10-9-5-1-3-7(11-9)8-4-2-6-12-8/h1-6H. The SMILES string of the molecule is Brc1cccc(-c2ccco2)n1. The Bertz CT molecular complexity index is 370. The van der Waals surface area contributed by atoms with E-state index in [0.29, 0.717) is 0 Å². The van der Waals surface area contributed by atoms with Crippen molar-refractivity contribution in [2.75, 3.05) is 0 Å². The average Bonchev–Trinajstić information content (AvgIpc) is 2.56. The molecule has 12 heavy (non-hydrogen) atoms. The van der Waals surface area contributed by atoms with Gasteiger partial charge in [0.05, 0.1) is 6.26 Å². The van der Waals surface area contributed by atoms with E-state index in [-0.39, 0.29) is 0 Å². The fourth-order valence-electron chi connectivity index (χ4n) is 0.970. The van der Waals surface area contributed by atoms with E-state index in [0.717, 1.165) is 16.1 Å². The largest absolute Gasteiger partial charge is 0.463 e. The lowest BCUT2D eigenvalue weighted by molar-refractivity contribution is 0.580. The maximum atomic E-state index is 5.19. The lowest BCUT2D eigenvalue weighted by Gasteiger charge is -1.94. The van der Waals surface area contributed by atoms with Gasteiger partial charge in [-0.1, -0.05) is 6.07 Å². The van der Waals surface area contributed by atoms with Gasteiger partial charge in [0.1, 0.15) is 10.3 Å². The molecule has 0 unspecified atom stereocenters. The van der Waals surface area contributed by atoms with E-state index in [1.54, 1.807) is 6.26 Å². The highest BCUT2D eigenvalue weighted by Crippen LogP contribution is 2.18. The zero-order valence-corrected chi connectivity index (χ0v) is 7.78. The molecule has 0 radical (unpaired) electrons. The Hall–Kier alpha value is -1.09. The van der Waals surface area contributed by atoms with Crippen molar-refractivity contribution in [1.82, 2.24) is 4.98 Å². The zero-order chi connectivity index (χ0) is 8.39. The van der Waals surface area contributed by atoms with E-state index in [9.17, 15) is 0 Å². The Kier molecular flexibility index (Phi) is 1.96. The molecule has 2 aromatic rings. The molecule has 60 valence electrons. The van der Waals surface area contributed by atoms with Gasteiger partial charge in [-0.3, -0.25) is 0 Å². The van der Waals surface area contributed by atoms with Crippen molar-refractivity contribution in [3.63, 3.8) is 0 Å². The molecular weight excluding hydrogens is 218 g/mol. The molecule has 0 atom stereocenters. The number of halogens is 1. The van der Waals surface area contributed by atoms with Gasteiger partial charge in [0.2, 0.25) is 0 Å². The van der Waals surface area contributed by atoms with Crippen LogP contribution in [0, 0.1) is 0 Å². The predicted molar refractivity (Wildman–Crippen MR) is 49.6 cm³/mol. The van der Waals surface area contributed by atoms with Crippen molar-refractivity contribution in [1.29, 1.82) is 0 Å². The van der Waals surface area contributed by atoms with Gasteiger partial charge in [-0.2, -0.15) is 0 Å². The third-order valence-corrected chi connectivity index (χ3v) is 1.93. The molecule has 2 nitrogen and oxygen atoms in total. The monoisotopic (exact) mass is 223 g/mol. The molecule has 0 N–H and O–H groups in total. The predicted octanol–water partition coefficient (Wildman–Crippen LogP) is 3.10. The molecule has 0 saturated heterocycles. The second kappa shape index (κ2) is 3.11. The third kappa shape index (κ3) is 1.41. The van der Waals surface area contributed by atoms with Crippen LogP contribution in [0.25, 0.3) is 11.5 Å². The summed E-state index contributed by atoms with van der Waals surface area (Å²) < 4.78 is 6.01. The van der Waals surface area contributed by atoms with Crippen LogP contribution in [0.5, 0.6) is 0 Å². The molecule has 0 spiro atoms. The van der Waals surface area contributed by atoms with Crippen LogP contribution in [0.1, 0.15) is 0 Å². The van der Waals surface area contributed by atoms with Crippen LogP contribution in [0.3, 0.4) is 0 Å². The molecule has 0 aliphatic rings. The quantitative estimate of drug-likeness (QED) is 0.695. The summed E-state index contributed by atoms with van der Waals surface area (Å²) in [5.74, 6) is 0.788. The van der Waals surface area contributed by atoms with Crippen LogP contribution in [0.4, 0.5) is 0 Å². The fourth-order valence-corrected chi connectivity index (χ4v) is 1.31. The Morgan fingerprint density at radius 1 is 1.17 bits per heavy atom. The third-order valence-electron chi connectivity index (χ3n) is 1.49. The summed E-state index contributed by atoms with van der Waals surface area (Å²) in [6, 6.07) is 9.44. The molecule has 2 aromatic heterocycles. The van der Waals surface area contributed by atoms with Gasteiger partial charge in [0.25, 0.3) is 0 Å². The minimum Gasteiger partial charge on any atom is -0.463 e. The molecule has 0 aromatic carbocycles. The molecule has 0 saturated carbocycles. The zero-order valence-electron chi connectivity index (χ0n) is 6.20. The van der Waals surface area contributed by atoms with E-state index in [1.165, 1.54) is 0 Å². The first kappa shape index (κ1) is 7.55. The first-order valence-electron chi connectivity index (χ1n) is 3.53. The van der Waals surface area contributed by atoms with Crippen molar-refractivity contribution in [2.45, 2.75) is 0 Å². The van der Waals surface area contributed by atoms with Gasteiger partial charge in [-0.15, -0.1) is 0 Å². The molecular formula is C9H6BrNO. The second-order valence-corrected chi connectivity index (χ2v) is 3.14. The number of hydrogen-bond donors (Lipinski definition) is 0. The van der Waals surface area contributed by atoms with Crippen LogP contribution in [-0.4, -0.2) is 4.98 Å². The average molecular weight is 224 g/mol. The van der Waals surface area contributed by atoms with Gasteiger partial charge in [0.15, 0.2) is 5.76 Å². The van der Waals surface area contributed by atoms with E-state index >= 15 is 0 Å². The lowest BCUT2D eigenvalue weighted by Crippen LogP contribution is -1.79. The maximum absolute atomic E-state index is 5.19. The van der Waals surface area contributed by atoms with Crippen LogP contribution < -0.4 is 0 Å². The van der Waals surface area contributed by atoms with Crippen molar-refractivity contribution in [2.24, 2.45) is 0 Å². The Morgan fingerprint density at radius 3 is 2.75 bits per heavy atom. The van der Waals surface area contributed by atoms with Crippen molar-refractivity contribution < 1.29 is 4.42 Å². The van der Waals surface area contributed by atoms with Crippen molar-refractivity contribution in [3.8, 4) is 11.5 Å². The summed E-state index contributed by atoms with van der Waals surface area (Å²) in [4.78, 5) is 4.24. The topological polar surface area (TPSA) is 26.0 Å². The fraction of sp³-hybridized carbons (Fsp3) is 0. The highest BCUT2D eigenvalue weighted by molar-refractivity contribution is 9.10. The number of rotatable bonds is 1. The van der Waals surface area contributed by atoms with Gasteiger partial charge in [0, 0.05) is 0 Å². The number of pyridine rings is 1. The second-order valence-electron chi connectivity index (χ2n) is 2.32. The number of nitrogens with zero attached hydrogens (tertiary/aromatic N) is 1. The molecule has 2 rings (SSSR count). The Labute approximate surface area is 78.4 Å². The Morgan fingerprint density at radius 2 is 2.08 bits per heavy atom. The summed E-state index contributed by atoms with van der Waals surface area (Å²) in [5.41, 5.74) is 0.842. The smallest absolute Gasteiger partial charge is 0.152 e. The molecule has 0 aliphatic carbocycles. The number of hydrogen-bond acceptors (Lipinski definition) is 2. The first-order chi connectivity index (χ1) is 5.86. The molecule has 0 bridgehead atoms. The van der Waals surface area contributed by atoms with Crippen LogP contribution in [-0.2, 0) is 0 Å². The van der Waals surface area contributed by atoms with Gasteiger partial charge in [-0.05, 0) is 40.2 Å². The van der Waals surface area contributed by atoms with Crippen LogP contribution >= 0.6 is 15.9 Å². The maximum Gasteiger partial charge on any atom is 0.152 e. The van der Waals surface area contributed by atoms with E-state index in [1.807, 2.05) is 30.3 Å². The molecule has 2 heterocycles. The Balaban J connectivity index is 2.48. The van der Waals surface area contributed by atoms with E-state index in [4.69, 9.17) is 4.42 Å². The minimum atomic E-state index is 0.788. The molecule has 0 amide bonds. The van der Waals surface area contributed by atoms with E-state index in [2.05, 4.69) is 20.9 Å². The number of furan rings is 1. The van der Waals surface area contributed by atoms with Crippen LogP contribution in [0.2, 0.25) is 0 Å². The van der Waals surface area contributed by atoms with Crippen LogP contribution in [0.15, 0.2) is 45.6 Å². The summed E-state index contributed by atoms with van der Waals surface area (Å²) in [6.07, 6.45) is 1.64. The van der Waals surface area contributed by atoms with Gasteiger partial charge < -0.3 is 4.42 Å². The highest BCUT2D eigenvalue weighted by atomic mass is 79.9. The van der Waals surface area contributed by atoms with Crippen molar-refractivity contribution >= 4 is 15.9 Å². The van der Waals surface area contributed by atoms with E-state index < -0.39 is 0 Å². The van der Waals surface area contributed by atoms with Crippen molar-refractivity contribution in [3.05, 3.63) is 41.2 Å². The molecule has 0 aliphatic heterocycles. The normalized spacial score (nSPS) is 10.1. The summed E-state index contributed by atoms with van der Waals surface area (Å²) >= 11 is 3.29. The lowest BCUT2D eigenvalue weighted by atomic mass is 10.3.